The molecule has 1 aromatic carbocycles. The SMILES string of the molecule is Cc1cc(C(=O)N(C)C)c(C)c([N+](=O)[O-])c1. The zero-order chi connectivity index (χ0) is 12.5. The smallest absolute Gasteiger partial charge is 0.273 e. The third kappa shape index (κ3) is 2.18. The standard InChI is InChI=1S/C11H14N2O3/c1-7-5-9(11(14)12(3)4)8(2)10(6-7)13(15)16/h5-6H,1-4H3. The summed E-state index contributed by atoms with van der Waals surface area (Å²) in [6.45, 7) is 3.33. The van der Waals surface area contributed by atoms with E-state index >= 15 is 0 Å². The predicted molar refractivity (Wildman–Crippen MR) is 60.6 cm³/mol. The molecule has 0 unspecified atom stereocenters. The van der Waals surface area contributed by atoms with Gasteiger partial charge in [-0.1, -0.05) is 0 Å². The molecule has 0 atom stereocenters. The van der Waals surface area contributed by atoms with Crippen LogP contribution in [0.1, 0.15) is 21.5 Å². The molecule has 0 aromatic heterocycles. The molecule has 5 heteroatoms. The van der Waals surface area contributed by atoms with Crippen molar-refractivity contribution in [1.82, 2.24) is 4.90 Å². The Kier molecular flexibility index (Phi) is 3.27. The highest BCUT2D eigenvalue weighted by Crippen LogP contribution is 2.24. The van der Waals surface area contributed by atoms with E-state index in [0.717, 1.165) is 0 Å². The molecule has 0 fully saturated rings. The van der Waals surface area contributed by atoms with Crippen molar-refractivity contribution in [3.05, 3.63) is 38.9 Å². The molecule has 0 heterocycles. The molecule has 0 bridgehead atoms. The van der Waals surface area contributed by atoms with Gasteiger partial charge in [-0.05, 0) is 25.5 Å². The van der Waals surface area contributed by atoms with E-state index in [1.807, 2.05) is 0 Å². The van der Waals surface area contributed by atoms with Crippen LogP contribution in [0.2, 0.25) is 0 Å². The van der Waals surface area contributed by atoms with Crippen molar-refractivity contribution in [2.24, 2.45) is 0 Å². The van der Waals surface area contributed by atoms with Crippen molar-refractivity contribution in [1.29, 1.82) is 0 Å². The number of carbonyl (C=O) groups excluding carboxylic acids is 1. The van der Waals surface area contributed by atoms with Gasteiger partial charge in [-0.2, -0.15) is 0 Å². The molecule has 1 amide bonds. The molecule has 0 saturated heterocycles. The van der Waals surface area contributed by atoms with Gasteiger partial charge >= 0.3 is 0 Å². The van der Waals surface area contributed by atoms with Gasteiger partial charge in [-0.25, -0.2) is 0 Å². The molecular formula is C11H14N2O3. The lowest BCUT2D eigenvalue weighted by Crippen LogP contribution is -2.23. The minimum atomic E-state index is -0.464. The Hall–Kier alpha value is -1.91. The Bertz CT molecular complexity index is 453. The summed E-state index contributed by atoms with van der Waals surface area (Å²) >= 11 is 0. The van der Waals surface area contributed by atoms with Crippen molar-refractivity contribution in [3.63, 3.8) is 0 Å². The molecule has 16 heavy (non-hydrogen) atoms. The predicted octanol–water partition coefficient (Wildman–Crippen LogP) is 1.91. The van der Waals surface area contributed by atoms with Crippen LogP contribution in [0, 0.1) is 24.0 Å². The van der Waals surface area contributed by atoms with Crippen LogP contribution in [0.4, 0.5) is 5.69 Å². The Morgan fingerprint density at radius 1 is 1.31 bits per heavy atom. The van der Waals surface area contributed by atoms with Crippen molar-refractivity contribution < 1.29 is 9.72 Å². The summed E-state index contributed by atoms with van der Waals surface area (Å²) in [5.74, 6) is -0.218. The van der Waals surface area contributed by atoms with E-state index in [1.54, 1.807) is 34.0 Å². The Morgan fingerprint density at radius 3 is 2.31 bits per heavy atom. The summed E-state index contributed by atoms with van der Waals surface area (Å²) in [7, 11) is 3.24. The highest BCUT2D eigenvalue weighted by Gasteiger charge is 2.20. The van der Waals surface area contributed by atoms with Gasteiger partial charge in [-0.3, -0.25) is 14.9 Å². The van der Waals surface area contributed by atoms with Gasteiger partial charge < -0.3 is 4.90 Å². The summed E-state index contributed by atoms with van der Waals surface area (Å²) in [4.78, 5) is 23.5. The van der Waals surface area contributed by atoms with E-state index in [-0.39, 0.29) is 11.6 Å². The molecule has 86 valence electrons. The second-order valence-corrected chi connectivity index (χ2v) is 3.91. The number of benzene rings is 1. The topological polar surface area (TPSA) is 63.5 Å². The summed E-state index contributed by atoms with van der Waals surface area (Å²) < 4.78 is 0. The second-order valence-electron chi connectivity index (χ2n) is 3.91. The number of aryl methyl sites for hydroxylation is 1. The van der Waals surface area contributed by atoms with Crippen molar-refractivity contribution in [2.45, 2.75) is 13.8 Å². The first-order chi connectivity index (χ1) is 7.34. The van der Waals surface area contributed by atoms with E-state index in [0.29, 0.717) is 16.7 Å². The minimum absolute atomic E-state index is 0.00907. The average Bonchev–Trinajstić information content (AvgIpc) is 2.19. The number of nitro groups is 1. The molecular weight excluding hydrogens is 208 g/mol. The average molecular weight is 222 g/mol. The maximum atomic E-state index is 11.8. The Balaban J connectivity index is 3.41. The van der Waals surface area contributed by atoms with Crippen LogP contribution in [0.3, 0.4) is 0 Å². The summed E-state index contributed by atoms with van der Waals surface area (Å²) in [5, 5.41) is 10.8. The molecule has 0 spiro atoms. The van der Waals surface area contributed by atoms with E-state index in [2.05, 4.69) is 0 Å². The quantitative estimate of drug-likeness (QED) is 0.567. The molecule has 1 rings (SSSR count). The number of hydrogen-bond donors (Lipinski definition) is 0. The lowest BCUT2D eigenvalue weighted by molar-refractivity contribution is -0.385. The third-order valence-electron chi connectivity index (χ3n) is 2.36. The van der Waals surface area contributed by atoms with Gasteiger partial charge in [0.2, 0.25) is 0 Å². The van der Waals surface area contributed by atoms with Crippen molar-refractivity contribution in [3.8, 4) is 0 Å². The summed E-state index contributed by atoms with van der Waals surface area (Å²) in [6, 6.07) is 3.15. The molecule has 5 nitrogen and oxygen atoms in total. The fourth-order valence-electron chi connectivity index (χ4n) is 1.49. The zero-order valence-electron chi connectivity index (χ0n) is 9.77. The minimum Gasteiger partial charge on any atom is -0.345 e. The number of amides is 1. The van der Waals surface area contributed by atoms with Gasteiger partial charge in [0.25, 0.3) is 11.6 Å². The molecule has 0 aliphatic heterocycles. The molecule has 1 aromatic rings. The Labute approximate surface area is 93.8 Å². The van der Waals surface area contributed by atoms with E-state index in [4.69, 9.17) is 0 Å². The van der Waals surface area contributed by atoms with Gasteiger partial charge in [0.05, 0.1) is 4.92 Å². The molecule has 0 saturated carbocycles. The van der Waals surface area contributed by atoms with Crippen molar-refractivity contribution >= 4 is 11.6 Å². The van der Waals surface area contributed by atoms with Crippen LogP contribution in [-0.2, 0) is 0 Å². The molecule has 0 N–H and O–H groups in total. The number of rotatable bonds is 2. The summed E-state index contributed by atoms with van der Waals surface area (Å²) in [6.07, 6.45) is 0. The maximum absolute atomic E-state index is 11.8. The van der Waals surface area contributed by atoms with E-state index < -0.39 is 4.92 Å². The third-order valence-corrected chi connectivity index (χ3v) is 2.36. The lowest BCUT2D eigenvalue weighted by Gasteiger charge is -2.13. The largest absolute Gasteiger partial charge is 0.345 e. The van der Waals surface area contributed by atoms with Crippen LogP contribution >= 0.6 is 0 Å². The van der Waals surface area contributed by atoms with Crippen molar-refractivity contribution in [2.75, 3.05) is 14.1 Å². The number of nitrogens with zero attached hydrogens (tertiary/aromatic N) is 2. The molecule has 0 aliphatic rings. The molecule has 0 aliphatic carbocycles. The van der Waals surface area contributed by atoms with Crippen LogP contribution in [0.25, 0.3) is 0 Å². The number of hydrogen-bond acceptors (Lipinski definition) is 3. The fourth-order valence-corrected chi connectivity index (χ4v) is 1.49. The number of nitro benzene ring substituents is 1. The first-order valence-electron chi connectivity index (χ1n) is 4.82. The maximum Gasteiger partial charge on any atom is 0.273 e. The summed E-state index contributed by atoms with van der Waals surface area (Å²) in [5.41, 5.74) is 1.50. The monoisotopic (exact) mass is 222 g/mol. The number of carbonyl (C=O) groups is 1. The van der Waals surface area contributed by atoms with Crippen LogP contribution in [0.5, 0.6) is 0 Å². The van der Waals surface area contributed by atoms with E-state index in [9.17, 15) is 14.9 Å². The molecule has 0 radical (unpaired) electrons. The van der Waals surface area contributed by atoms with Crippen LogP contribution in [-0.4, -0.2) is 29.8 Å². The normalized spacial score (nSPS) is 10.0. The van der Waals surface area contributed by atoms with Gasteiger partial charge in [0, 0.05) is 31.3 Å². The lowest BCUT2D eigenvalue weighted by atomic mass is 10.0. The zero-order valence-corrected chi connectivity index (χ0v) is 9.77. The highest BCUT2D eigenvalue weighted by atomic mass is 16.6. The van der Waals surface area contributed by atoms with E-state index in [1.165, 1.54) is 11.0 Å². The van der Waals surface area contributed by atoms with Crippen LogP contribution in [0.15, 0.2) is 12.1 Å². The van der Waals surface area contributed by atoms with Gasteiger partial charge in [0.15, 0.2) is 0 Å². The highest BCUT2D eigenvalue weighted by molar-refractivity contribution is 5.96. The van der Waals surface area contributed by atoms with Gasteiger partial charge in [0.1, 0.15) is 0 Å². The van der Waals surface area contributed by atoms with Gasteiger partial charge in [-0.15, -0.1) is 0 Å². The first-order valence-corrected chi connectivity index (χ1v) is 4.82. The van der Waals surface area contributed by atoms with Crippen LogP contribution < -0.4 is 0 Å². The second kappa shape index (κ2) is 4.30. The fraction of sp³-hybridized carbons (Fsp3) is 0.364. The first kappa shape index (κ1) is 12.2. The Morgan fingerprint density at radius 2 is 1.88 bits per heavy atom.